The first-order valence-corrected chi connectivity index (χ1v) is 18.5. The normalized spacial score (nSPS) is 14.3. The van der Waals surface area contributed by atoms with E-state index in [1.807, 2.05) is 11.3 Å². The molecule has 0 radical (unpaired) electrons. The molecule has 3 heterocycles. The summed E-state index contributed by atoms with van der Waals surface area (Å²) in [5, 5.41) is 6.61. The molecule has 0 fully saturated rings. The number of benzene rings is 7. The number of thiophene rings is 1. The Morgan fingerprint density at radius 1 is 0.451 bits per heavy atom. The molecule has 1 atom stereocenters. The van der Waals surface area contributed by atoms with Crippen molar-refractivity contribution in [3.63, 3.8) is 0 Å². The Kier molecular flexibility index (Phi) is 6.28. The molecule has 7 aromatic carbocycles. The van der Waals surface area contributed by atoms with Gasteiger partial charge >= 0.3 is 0 Å². The van der Waals surface area contributed by atoms with Crippen LogP contribution in [0.1, 0.15) is 22.7 Å². The summed E-state index contributed by atoms with van der Waals surface area (Å²) in [6, 6.07) is 60.3. The van der Waals surface area contributed by atoms with E-state index in [0.29, 0.717) is 5.92 Å². The fourth-order valence-corrected chi connectivity index (χ4v) is 9.65. The molecule has 1 aliphatic rings. The maximum atomic E-state index is 2.44. The number of para-hydroxylation sites is 3. The molecule has 0 aliphatic heterocycles. The summed E-state index contributed by atoms with van der Waals surface area (Å²) in [6.07, 6.45) is 5.74. The first-order valence-electron chi connectivity index (χ1n) is 17.7. The molecule has 3 heteroatoms. The molecule has 0 saturated carbocycles. The number of hydrogen-bond acceptors (Lipinski definition) is 1. The number of aromatic nitrogens is 2. The van der Waals surface area contributed by atoms with Crippen LogP contribution >= 0.6 is 11.3 Å². The summed E-state index contributed by atoms with van der Waals surface area (Å²) in [5.74, 6) is 0.302. The van der Waals surface area contributed by atoms with Crippen LogP contribution in [0.3, 0.4) is 0 Å². The van der Waals surface area contributed by atoms with E-state index in [0.717, 1.165) is 6.42 Å². The van der Waals surface area contributed by atoms with Crippen molar-refractivity contribution in [3.05, 3.63) is 187 Å². The van der Waals surface area contributed by atoms with E-state index >= 15 is 0 Å². The van der Waals surface area contributed by atoms with Gasteiger partial charge in [0.25, 0.3) is 0 Å². The predicted molar refractivity (Wildman–Crippen MR) is 218 cm³/mol. The van der Waals surface area contributed by atoms with Gasteiger partial charge in [-0.1, -0.05) is 109 Å². The van der Waals surface area contributed by atoms with E-state index in [9.17, 15) is 0 Å². The molecule has 0 saturated heterocycles. The average molecular weight is 669 g/mol. The van der Waals surface area contributed by atoms with Gasteiger partial charge in [-0.05, 0) is 95.4 Å². The number of allylic oxidation sites excluding steroid dienone is 1. The second-order valence-corrected chi connectivity index (χ2v) is 14.8. The Balaban J connectivity index is 0.974. The van der Waals surface area contributed by atoms with Gasteiger partial charge in [-0.3, -0.25) is 0 Å². The van der Waals surface area contributed by atoms with Crippen LogP contribution in [0.25, 0.3) is 81.5 Å². The molecule has 0 spiro atoms. The van der Waals surface area contributed by atoms with Crippen LogP contribution in [0.15, 0.2) is 170 Å². The van der Waals surface area contributed by atoms with Crippen molar-refractivity contribution in [2.24, 2.45) is 0 Å². The van der Waals surface area contributed by atoms with Gasteiger partial charge in [0.1, 0.15) is 0 Å². The maximum Gasteiger partial charge on any atom is 0.0541 e. The Hall–Kier alpha value is -6.16. The highest BCUT2D eigenvalue weighted by atomic mass is 32.1. The van der Waals surface area contributed by atoms with Crippen LogP contribution in [0.5, 0.6) is 0 Å². The Bertz CT molecular complexity index is 2990. The average Bonchev–Trinajstić information content (AvgIpc) is 3.85. The van der Waals surface area contributed by atoms with Gasteiger partial charge in [-0.2, -0.15) is 0 Å². The molecule has 3 aromatic heterocycles. The first kappa shape index (κ1) is 28.7. The van der Waals surface area contributed by atoms with Crippen LogP contribution < -0.4 is 0 Å². The number of nitrogens with zero attached hydrogens (tertiary/aromatic N) is 2. The van der Waals surface area contributed by atoms with Gasteiger partial charge in [-0.25, -0.2) is 0 Å². The van der Waals surface area contributed by atoms with Gasteiger partial charge in [-0.15, -0.1) is 11.3 Å². The minimum absolute atomic E-state index is 0.302. The summed E-state index contributed by atoms with van der Waals surface area (Å²) in [7, 11) is 0. The van der Waals surface area contributed by atoms with Crippen molar-refractivity contribution in [3.8, 4) is 22.5 Å². The molecular formula is C48H32N2S. The summed E-state index contributed by atoms with van der Waals surface area (Å²) < 4.78 is 7.52. The Morgan fingerprint density at radius 3 is 1.94 bits per heavy atom. The lowest BCUT2D eigenvalue weighted by Gasteiger charge is -2.20. The molecule has 0 amide bonds. The lowest BCUT2D eigenvalue weighted by Crippen LogP contribution is -2.07. The first-order chi connectivity index (χ1) is 25.3. The molecule has 51 heavy (non-hydrogen) atoms. The second kappa shape index (κ2) is 11.2. The second-order valence-electron chi connectivity index (χ2n) is 13.7. The molecule has 240 valence electrons. The molecule has 10 aromatic rings. The maximum absolute atomic E-state index is 2.44. The van der Waals surface area contributed by atoms with Crippen molar-refractivity contribution < 1.29 is 0 Å². The molecule has 1 unspecified atom stereocenters. The predicted octanol–water partition coefficient (Wildman–Crippen LogP) is 13.1. The monoisotopic (exact) mass is 668 g/mol. The van der Waals surface area contributed by atoms with Gasteiger partial charge in [0.2, 0.25) is 0 Å². The minimum Gasteiger partial charge on any atom is -0.310 e. The molecule has 1 aliphatic carbocycles. The fourth-order valence-electron chi connectivity index (χ4n) is 8.50. The van der Waals surface area contributed by atoms with Crippen LogP contribution in [0, 0.1) is 0 Å². The van der Waals surface area contributed by atoms with Crippen LogP contribution in [-0.4, -0.2) is 9.13 Å². The van der Waals surface area contributed by atoms with E-state index < -0.39 is 0 Å². The summed E-state index contributed by atoms with van der Waals surface area (Å²) >= 11 is 1.87. The highest BCUT2D eigenvalue weighted by Crippen LogP contribution is 2.41. The molecule has 0 bridgehead atoms. The van der Waals surface area contributed by atoms with E-state index in [1.54, 1.807) is 0 Å². The van der Waals surface area contributed by atoms with Crippen LogP contribution in [0.2, 0.25) is 0 Å². The van der Waals surface area contributed by atoms with E-state index in [2.05, 4.69) is 185 Å². The third kappa shape index (κ3) is 4.42. The number of hydrogen-bond donors (Lipinski definition) is 0. The van der Waals surface area contributed by atoms with Crippen LogP contribution in [-0.2, 0) is 6.42 Å². The SMILES string of the molecule is C1=CC(c2ccc3c(c2)c2ccccc2n3-c2ccc(-c3ccc4c(c3)sc3ccccc34)cc2)Cc2c1n(-c1ccccc1)c1ccccc21. The van der Waals surface area contributed by atoms with E-state index in [1.165, 1.54) is 92.2 Å². The zero-order valence-electron chi connectivity index (χ0n) is 27.8. The van der Waals surface area contributed by atoms with Crippen molar-refractivity contribution in [2.75, 3.05) is 0 Å². The molecule has 11 rings (SSSR count). The number of fused-ring (bicyclic) bond motifs is 9. The minimum atomic E-state index is 0.302. The summed E-state index contributed by atoms with van der Waals surface area (Å²) in [6.45, 7) is 0. The van der Waals surface area contributed by atoms with Crippen molar-refractivity contribution in [1.29, 1.82) is 0 Å². The van der Waals surface area contributed by atoms with Crippen molar-refractivity contribution >= 4 is 70.3 Å². The zero-order chi connectivity index (χ0) is 33.5. The molecular weight excluding hydrogens is 637 g/mol. The Labute approximate surface area is 299 Å². The standard InChI is InChI=1S/C48H32N2S/c1-2-10-35(11-3-1)49-43-15-7-4-12-37(43)41-28-32(21-26-45(41)49)33-22-27-46-42(29-33)38-13-5-8-16-44(38)50(46)36-23-18-31(19-24-36)34-20-25-40-39-14-6-9-17-47(39)51-48(40)30-34/h1-27,29-30,32H,28H2. The summed E-state index contributed by atoms with van der Waals surface area (Å²) in [4.78, 5) is 0. The fraction of sp³-hybridized carbons (Fsp3) is 0.0417. The van der Waals surface area contributed by atoms with Crippen LogP contribution in [0.4, 0.5) is 0 Å². The van der Waals surface area contributed by atoms with Gasteiger partial charge in [0, 0.05) is 59.3 Å². The van der Waals surface area contributed by atoms with Gasteiger partial charge < -0.3 is 9.13 Å². The third-order valence-corrected chi connectivity index (χ3v) is 12.0. The van der Waals surface area contributed by atoms with E-state index in [4.69, 9.17) is 0 Å². The molecule has 0 N–H and O–H groups in total. The lowest BCUT2D eigenvalue weighted by molar-refractivity contribution is 0.826. The highest BCUT2D eigenvalue weighted by molar-refractivity contribution is 7.25. The highest BCUT2D eigenvalue weighted by Gasteiger charge is 2.24. The Morgan fingerprint density at radius 2 is 1.10 bits per heavy atom. The zero-order valence-corrected chi connectivity index (χ0v) is 28.6. The van der Waals surface area contributed by atoms with Gasteiger partial charge in [0.05, 0.1) is 16.6 Å². The van der Waals surface area contributed by atoms with Crippen molar-refractivity contribution in [1.82, 2.24) is 9.13 Å². The van der Waals surface area contributed by atoms with Gasteiger partial charge in [0.15, 0.2) is 0 Å². The quantitative estimate of drug-likeness (QED) is 0.177. The third-order valence-electron chi connectivity index (χ3n) is 10.9. The summed E-state index contributed by atoms with van der Waals surface area (Å²) in [5.41, 5.74) is 12.7. The largest absolute Gasteiger partial charge is 0.310 e. The smallest absolute Gasteiger partial charge is 0.0541 e. The topological polar surface area (TPSA) is 9.86 Å². The number of rotatable bonds is 4. The lowest BCUT2D eigenvalue weighted by atomic mass is 9.86. The van der Waals surface area contributed by atoms with Crippen molar-refractivity contribution in [2.45, 2.75) is 12.3 Å². The molecule has 2 nitrogen and oxygen atoms in total. The van der Waals surface area contributed by atoms with E-state index in [-0.39, 0.29) is 0 Å².